The summed E-state index contributed by atoms with van der Waals surface area (Å²) >= 11 is 0. The average Bonchev–Trinajstić information content (AvgIpc) is 2.16. The van der Waals surface area contributed by atoms with Gasteiger partial charge >= 0.3 is 5.97 Å². The SMILES string of the molecule is C=C/C=C(\C=C(C)C)NCCC(=O)OC. The fourth-order valence-corrected chi connectivity index (χ4v) is 1.01. The summed E-state index contributed by atoms with van der Waals surface area (Å²) in [6.45, 7) is 8.22. The lowest BCUT2D eigenvalue weighted by atomic mass is 10.2. The first-order chi connectivity index (χ1) is 7.10. The minimum Gasteiger partial charge on any atom is -0.469 e. The zero-order valence-corrected chi connectivity index (χ0v) is 9.67. The Labute approximate surface area is 91.5 Å². The molecule has 0 aliphatic heterocycles. The van der Waals surface area contributed by atoms with E-state index in [0.29, 0.717) is 13.0 Å². The standard InChI is InChI=1S/C12H19NO2/c1-5-6-11(9-10(2)3)13-8-7-12(14)15-4/h5-6,9,13H,1,7-8H2,2-4H3/b11-6+. The molecule has 1 N–H and O–H groups in total. The molecule has 0 radical (unpaired) electrons. The van der Waals surface area contributed by atoms with E-state index in [2.05, 4.69) is 16.6 Å². The Morgan fingerprint density at radius 3 is 2.60 bits per heavy atom. The predicted octanol–water partition coefficient (Wildman–Crippen LogP) is 2.18. The van der Waals surface area contributed by atoms with Gasteiger partial charge in [-0.1, -0.05) is 18.2 Å². The fourth-order valence-electron chi connectivity index (χ4n) is 1.01. The molecular weight excluding hydrogens is 190 g/mol. The van der Waals surface area contributed by atoms with Gasteiger partial charge in [0.25, 0.3) is 0 Å². The lowest BCUT2D eigenvalue weighted by Crippen LogP contribution is -2.17. The van der Waals surface area contributed by atoms with Crippen LogP contribution in [0.2, 0.25) is 0 Å². The lowest BCUT2D eigenvalue weighted by molar-refractivity contribution is -0.140. The van der Waals surface area contributed by atoms with Gasteiger partial charge in [-0.15, -0.1) is 0 Å². The van der Waals surface area contributed by atoms with Gasteiger partial charge in [-0.25, -0.2) is 0 Å². The Hall–Kier alpha value is -1.51. The molecule has 3 nitrogen and oxygen atoms in total. The van der Waals surface area contributed by atoms with E-state index in [1.807, 2.05) is 26.0 Å². The van der Waals surface area contributed by atoms with Gasteiger partial charge in [0.2, 0.25) is 0 Å². The van der Waals surface area contributed by atoms with Crippen molar-refractivity contribution in [1.29, 1.82) is 0 Å². The van der Waals surface area contributed by atoms with E-state index in [0.717, 1.165) is 5.70 Å². The van der Waals surface area contributed by atoms with Crippen LogP contribution in [-0.4, -0.2) is 19.6 Å². The molecule has 15 heavy (non-hydrogen) atoms. The molecule has 0 fully saturated rings. The van der Waals surface area contributed by atoms with Crippen molar-refractivity contribution in [2.75, 3.05) is 13.7 Å². The topological polar surface area (TPSA) is 38.3 Å². The number of allylic oxidation sites excluding steroid dienone is 4. The van der Waals surface area contributed by atoms with Crippen molar-refractivity contribution in [3.63, 3.8) is 0 Å². The Kier molecular flexibility index (Phi) is 7.06. The number of nitrogens with one attached hydrogen (secondary N) is 1. The number of ether oxygens (including phenoxy) is 1. The molecule has 0 aromatic rings. The number of rotatable bonds is 6. The van der Waals surface area contributed by atoms with Crippen LogP contribution in [0.1, 0.15) is 20.3 Å². The first kappa shape index (κ1) is 13.5. The van der Waals surface area contributed by atoms with Crippen LogP contribution in [0.5, 0.6) is 0 Å². The Bertz CT molecular complexity index is 273. The van der Waals surface area contributed by atoms with E-state index in [1.54, 1.807) is 6.08 Å². The number of carbonyl (C=O) groups excluding carboxylic acids is 1. The largest absolute Gasteiger partial charge is 0.469 e. The molecule has 3 heteroatoms. The quantitative estimate of drug-likeness (QED) is 0.538. The summed E-state index contributed by atoms with van der Waals surface area (Å²) < 4.78 is 4.54. The molecule has 0 unspecified atom stereocenters. The van der Waals surface area contributed by atoms with E-state index in [9.17, 15) is 4.79 Å². The van der Waals surface area contributed by atoms with Gasteiger partial charge < -0.3 is 10.1 Å². The first-order valence-corrected chi connectivity index (χ1v) is 4.88. The third-order valence-corrected chi connectivity index (χ3v) is 1.63. The van der Waals surface area contributed by atoms with E-state index >= 15 is 0 Å². The molecule has 84 valence electrons. The smallest absolute Gasteiger partial charge is 0.307 e. The van der Waals surface area contributed by atoms with Crippen molar-refractivity contribution in [3.05, 3.63) is 36.1 Å². The average molecular weight is 209 g/mol. The van der Waals surface area contributed by atoms with Crippen molar-refractivity contribution in [1.82, 2.24) is 5.32 Å². The predicted molar refractivity (Wildman–Crippen MR) is 62.3 cm³/mol. The summed E-state index contributed by atoms with van der Waals surface area (Å²) in [5.41, 5.74) is 2.14. The molecule has 0 aromatic heterocycles. The number of methoxy groups -OCH3 is 1. The second kappa shape index (κ2) is 7.85. The zero-order chi connectivity index (χ0) is 11.7. The van der Waals surface area contributed by atoms with E-state index in [-0.39, 0.29) is 5.97 Å². The van der Waals surface area contributed by atoms with Crippen LogP contribution in [0.25, 0.3) is 0 Å². The van der Waals surface area contributed by atoms with E-state index in [1.165, 1.54) is 12.7 Å². The summed E-state index contributed by atoms with van der Waals surface area (Å²) in [7, 11) is 1.39. The van der Waals surface area contributed by atoms with Crippen molar-refractivity contribution in [2.24, 2.45) is 0 Å². The molecule has 0 saturated heterocycles. The van der Waals surface area contributed by atoms with Gasteiger partial charge in [0.05, 0.1) is 13.5 Å². The third-order valence-electron chi connectivity index (χ3n) is 1.63. The Balaban J connectivity index is 4.09. The molecule has 0 aromatic carbocycles. The minimum absolute atomic E-state index is 0.211. The molecule has 0 amide bonds. The zero-order valence-electron chi connectivity index (χ0n) is 9.67. The maximum absolute atomic E-state index is 10.9. The van der Waals surface area contributed by atoms with Crippen LogP contribution in [0.15, 0.2) is 36.1 Å². The summed E-state index contributed by atoms with van der Waals surface area (Å²) in [5.74, 6) is -0.211. The van der Waals surface area contributed by atoms with Crippen LogP contribution in [-0.2, 0) is 9.53 Å². The number of esters is 1. The summed E-state index contributed by atoms with van der Waals surface area (Å²) in [6.07, 6.45) is 5.94. The summed E-state index contributed by atoms with van der Waals surface area (Å²) in [4.78, 5) is 10.9. The van der Waals surface area contributed by atoms with Gasteiger partial charge in [-0.05, 0) is 26.0 Å². The molecule has 0 spiro atoms. The lowest BCUT2D eigenvalue weighted by Gasteiger charge is -2.06. The molecule has 0 rings (SSSR count). The van der Waals surface area contributed by atoms with Crippen LogP contribution in [0.3, 0.4) is 0 Å². The number of hydrogen-bond acceptors (Lipinski definition) is 3. The molecule has 0 saturated carbocycles. The Morgan fingerprint density at radius 1 is 1.47 bits per heavy atom. The van der Waals surface area contributed by atoms with E-state index in [4.69, 9.17) is 0 Å². The van der Waals surface area contributed by atoms with Crippen molar-refractivity contribution in [2.45, 2.75) is 20.3 Å². The van der Waals surface area contributed by atoms with Crippen LogP contribution in [0.4, 0.5) is 0 Å². The Morgan fingerprint density at radius 2 is 2.13 bits per heavy atom. The normalized spacial score (nSPS) is 10.5. The molecule has 0 heterocycles. The highest BCUT2D eigenvalue weighted by molar-refractivity contribution is 5.69. The highest BCUT2D eigenvalue weighted by Crippen LogP contribution is 1.99. The number of hydrogen-bond donors (Lipinski definition) is 1. The summed E-state index contributed by atoms with van der Waals surface area (Å²) in [6, 6.07) is 0. The molecule has 0 aliphatic carbocycles. The molecular formula is C12H19NO2. The second-order valence-corrected chi connectivity index (χ2v) is 3.33. The van der Waals surface area contributed by atoms with Crippen LogP contribution in [0, 0.1) is 0 Å². The van der Waals surface area contributed by atoms with Crippen molar-refractivity contribution in [3.8, 4) is 0 Å². The summed E-state index contributed by atoms with van der Waals surface area (Å²) in [5, 5.41) is 3.13. The van der Waals surface area contributed by atoms with Crippen LogP contribution >= 0.6 is 0 Å². The maximum Gasteiger partial charge on any atom is 0.307 e. The highest BCUT2D eigenvalue weighted by Gasteiger charge is 1.99. The maximum atomic E-state index is 10.9. The van der Waals surface area contributed by atoms with Crippen molar-refractivity contribution >= 4 is 5.97 Å². The van der Waals surface area contributed by atoms with Gasteiger partial charge in [-0.2, -0.15) is 0 Å². The third kappa shape index (κ3) is 7.55. The van der Waals surface area contributed by atoms with Crippen LogP contribution < -0.4 is 5.32 Å². The van der Waals surface area contributed by atoms with Gasteiger partial charge in [0.1, 0.15) is 0 Å². The second-order valence-electron chi connectivity index (χ2n) is 3.33. The van der Waals surface area contributed by atoms with Gasteiger partial charge in [0, 0.05) is 12.2 Å². The van der Waals surface area contributed by atoms with Crippen molar-refractivity contribution < 1.29 is 9.53 Å². The monoisotopic (exact) mass is 209 g/mol. The molecule has 0 aliphatic rings. The highest BCUT2D eigenvalue weighted by atomic mass is 16.5. The molecule has 0 bridgehead atoms. The minimum atomic E-state index is -0.211. The van der Waals surface area contributed by atoms with Gasteiger partial charge in [-0.3, -0.25) is 4.79 Å². The first-order valence-electron chi connectivity index (χ1n) is 4.88. The van der Waals surface area contributed by atoms with Gasteiger partial charge in [0.15, 0.2) is 0 Å². The number of carbonyl (C=O) groups is 1. The molecule has 0 atom stereocenters. The fraction of sp³-hybridized carbons (Fsp3) is 0.417. The van der Waals surface area contributed by atoms with E-state index < -0.39 is 0 Å².